The number of rotatable bonds is 5. The first-order valence-electron chi connectivity index (χ1n) is 6.78. The average molecular weight is 256 g/mol. The Bertz CT molecular complexity index is 510. The quantitative estimate of drug-likeness (QED) is 0.874. The van der Waals surface area contributed by atoms with Gasteiger partial charge in [-0.25, -0.2) is 0 Å². The van der Waals surface area contributed by atoms with Crippen LogP contribution in [0.2, 0.25) is 0 Å². The Balaban J connectivity index is 2.08. The summed E-state index contributed by atoms with van der Waals surface area (Å²) in [5.74, 6) is 0.00718. The van der Waals surface area contributed by atoms with Crippen LogP contribution in [0.15, 0.2) is 48.8 Å². The maximum atomic E-state index is 12.1. The van der Waals surface area contributed by atoms with Crippen LogP contribution in [-0.2, 0) is 0 Å². The Morgan fingerprint density at radius 1 is 1.11 bits per heavy atom. The van der Waals surface area contributed by atoms with Crippen molar-refractivity contribution in [1.29, 1.82) is 0 Å². The molecule has 0 aliphatic rings. The number of hydrogen-bond donors (Lipinski definition) is 1. The smallest absolute Gasteiger partial charge is 0.251 e. The highest BCUT2D eigenvalue weighted by atomic mass is 16.1. The van der Waals surface area contributed by atoms with E-state index in [2.05, 4.69) is 19.2 Å². The van der Waals surface area contributed by atoms with E-state index in [1.54, 1.807) is 0 Å². The van der Waals surface area contributed by atoms with Crippen molar-refractivity contribution in [1.82, 2.24) is 9.88 Å². The van der Waals surface area contributed by atoms with Gasteiger partial charge in [-0.1, -0.05) is 13.8 Å². The molecule has 19 heavy (non-hydrogen) atoms. The van der Waals surface area contributed by atoms with Gasteiger partial charge < -0.3 is 9.88 Å². The number of carbonyl (C=O) groups excluding carboxylic acids is 1. The van der Waals surface area contributed by atoms with Crippen molar-refractivity contribution >= 4 is 5.91 Å². The first-order valence-corrected chi connectivity index (χ1v) is 6.78. The summed E-state index contributed by atoms with van der Waals surface area (Å²) in [6.07, 6.45) is 5.89. The highest BCUT2D eigenvalue weighted by molar-refractivity contribution is 5.94. The summed E-state index contributed by atoms with van der Waals surface area (Å²) in [6.45, 7) is 4.17. The molecule has 3 heteroatoms. The number of aromatic nitrogens is 1. The van der Waals surface area contributed by atoms with E-state index in [0.717, 1.165) is 18.5 Å². The van der Waals surface area contributed by atoms with Gasteiger partial charge in [0.25, 0.3) is 5.91 Å². The largest absolute Gasteiger partial charge is 0.349 e. The third-order valence-corrected chi connectivity index (χ3v) is 3.35. The molecular weight excluding hydrogens is 236 g/mol. The molecular formula is C16H20N2O. The minimum absolute atomic E-state index is 0.00718. The second-order valence-electron chi connectivity index (χ2n) is 4.62. The molecule has 0 saturated heterocycles. The molecule has 1 heterocycles. The van der Waals surface area contributed by atoms with Gasteiger partial charge in [0, 0.05) is 29.7 Å². The summed E-state index contributed by atoms with van der Waals surface area (Å²) < 4.78 is 2.02. The second kappa shape index (κ2) is 6.23. The van der Waals surface area contributed by atoms with E-state index in [1.165, 1.54) is 0 Å². The Morgan fingerprint density at radius 3 is 2.21 bits per heavy atom. The van der Waals surface area contributed by atoms with Gasteiger partial charge in [0.1, 0.15) is 0 Å². The Kier molecular flexibility index (Phi) is 4.39. The van der Waals surface area contributed by atoms with E-state index < -0.39 is 0 Å². The van der Waals surface area contributed by atoms with Gasteiger partial charge >= 0.3 is 0 Å². The van der Waals surface area contributed by atoms with Crippen molar-refractivity contribution in [3.8, 4) is 5.69 Å². The molecule has 3 nitrogen and oxygen atoms in total. The molecule has 1 amide bonds. The van der Waals surface area contributed by atoms with Gasteiger partial charge in [-0.05, 0) is 49.2 Å². The average Bonchev–Trinajstić information content (AvgIpc) is 2.99. The van der Waals surface area contributed by atoms with Crippen molar-refractivity contribution in [3.63, 3.8) is 0 Å². The molecule has 0 aliphatic heterocycles. The molecule has 0 fully saturated rings. The maximum Gasteiger partial charge on any atom is 0.251 e. The fourth-order valence-corrected chi connectivity index (χ4v) is 2.05. The minimum atomic E-state index is 0.00718. The lowest BCUT2D eigenvalue weighted by molar-refractivity contribution is 0.0935. The van der Waals surface area contributed by atoms with E-state index in [1.807, 2.05) is 53.4 Å². The minimum Gasteiger partial charge on any atom is -0.349 e. The third-order valence-electron chi connectivity index (χ3n) is 3.35. The van der Waals surface area contributed by atoms with Crippen LogP contribution in [0.5, 0.6) is 0 Å². The number of nitrogens with zero attached hydrogens (tertiary/aromatic N) is 1. The van der Waals surface area contributed by atoms with E-state index in [0.29, 0.717) is 5.56 Å². The zero-order chi connectivity index (χ0) is 13.7. The molecule has 1 aromatic carbocycles. The molecule has 2 aromatic rings. The van der Waals surface area contributed by atoms with Gasteiger partial charge in [-0.3, -0.25) is 4.79 Å². The van der Waals surface area contributed by atoms with Crippen LogP contribution in [0.1, 0.15) is 37.0 Å². The molecule has 0 spiro atoms. The standard InChI is InChI=1S/C16H20N2O/c1-3-14(4-2)17-16(19)13-7-9-15(10-8-13)18-11-5-6-12-18/h5-12,14H,3-4H2,1-2H3,(H,17,19). The number of carbonyl (C=O) groups is 1. The van der Waals surface area contributed by atoms with Crippen molar-refractivity contribution in [2.45, 2.75) is 32.7 Å². The number of hydrogen-bond acceptors (Lipinski definition) is 1. The SMILES string of the molecule is CCC(CC)NC(=O)c1ccc(-n2cccc2)cc1. The summed E-state index contributed by atoms with van der Waals surface area (Å²) in [5, 5.41) is 3.04. The zero-order valence-electron chi connectivity index (χ0n) is 11.5. The summed E-state index contributed by atoms with van der Waals surface area (Å²) >= 11 is 0. The predicted molar refractivity (Wildman–Crippen MR) is 77.6 cm³/mol. The van der Waals surface area contributed by atoms with Crippen molar-refractivity contribution < 1.29 is 4.79 Å². The molecule has 0 aliphatic carbocycles. The van der Waals surface area contributed by atoms with Gasteiger partial charge in [-0.15, -0.1) is 0 Å². The van der Waals surface area contributed by atoms with E-state index in [4.69, 9.17) is 0 Å². The number of nitrogens with one attached hydrogen (secondary N) is 1. The van der Waals surface area contributed by atoms with Crippen molar-refractivity contribution in [3.05, 3.63) is 54.4 Å². The summed E-state index contributed by atoms with van der Waals surface area (Å²) in [4.78, 5) is 12.1. The molecule has 0 atom stereocenters. The lowest BCUT2D eigenvalue weighted by Crippen LogP contribution is -2.33. The number of benzene rings is 1. The Hall–Kier alpha value is -2.03. The van der Waals surface area contributed by atoms with Crippen molar-refractivity contribution in [2.24, 2.45) is 0 Å². The van der Waals surface area contributed by atoms with Crippen LogP contribution in [-0.4, -0.2) is 16.5 Å². The highest BCUT2D eigenvalue weighted by Crippen LogP contribution is 2.10. The summed E-state index contributed by atoms with van der Waals surface area (Å²) in [7, 11) is 0. The number of amides is 1. The van der Waals surface area contributed by atoms with Crippen LogP contribution in [0.4, 0.5) is 0 Å². The van der Waals surface area contributed by atoms with Crippen LogP contribution in [0, 0.1) is 0 Å². The molecule has 1 aromatic heterocycles. The van der Waals surface area contributed by atoms with Gasteiger partial charge in [0.15, 0.2) is 0 Å². The lowest BCUT2D eigenvalue weighted by Gasteiger charge is -2.14. The third kappa shape index (κ3) is 3.25. The predicted octanol–water partition coefficient (Wildman–Crippen LogP) is 3.40. The molecule has 0 radical (unpaired) electrons. The molecule has 1 N–H and O–H groups in total. The van der Waals surface area contributed by atoms with Gasteiger partial charge in [0.2, 0.25) is 0 Å². The van der Waals surface area contributed by atoms with Crippen LogP contribution in [0.3, 0.4) is 0 Å². The van der Waals surface area contributed by atoms with Crippen molar-refractivity contribution in [2.75, 3.05) is 0 Å². The van der Waals surface area contributed by atoms with Gasteiger partial charge in [-0.2, -0.15) is 0 Å². The summed E-state index contributed by atoms with van der Waals surface area (Å²) in [6, 6.07) is 11.9. The molecule has 0 bridgehead atoms. The van der Waals surface area contributed by atoms with E-state index in [-0.39, 0.29) is 11.9 Å². The second-order valence-corrected chi connectivity index (χ2v) is 4.62. The van der Waals surface area contributed by atoms with Gasteiger partial charge in [0.05, 0.1) is 0 Å². The highest BCUT2D eigenvalue weighted by Gasteiger charge is 2.10. The lowest BCUT2D eigenvalue weighted by atomic mass is 10.1. The monoisotopic (exact) mass is 256 g/mol. The van der Waals surface area contributed by atoms with Crippen LogP contribution < -0.4 is 5.32 Å². The van der Waals surface area contributed by atoms with E-state index in [9.17, 15) is 4.79 Å². The van der Waals surface area contributed by atoms with Crippen LogP contribution >= 0.6 is 0 Å². The molecule has 0 unspecified atom stereocenters. The zero-order valence-corrected chi connectivity index (χ0v) is 11.5. The molecule has 100 valence electrons. The Morgan fingerprint density at radius 2 is 1.68 bits per heavy atom. The fraction of sp³-hybridized carbons (Fsp3) is 0.312. The van der Waals surface area contributed by atoms with Crippen LogP contribution in [0.25, 0.3) is 5.69 Å². The topological polar surface area (TPSA) is 34.0 Å². The maximum absolute atomic E-state index is 12.1. The van der Waals surface area contributed by atoms with E-state index >= 15 is 0 Å². The normalized spacial score (nSPS) is 10.7. The Labute approximate surface area is 114 Å². The fourth-order valence-electron chi connectivity index (χ4n) is 2.05. The summed E-state index contributed by atoms with van der Waals surface area (Å²) in [5.41, 5.74) is 1.77. The molecule has 0 saturated carbocycles. The molecule has 2 rings (SSSR count). The first-order chi connectivity index (χ1) is 9.24. The first kappa shape index (κ1) is 13.4.